The van der Waals surface area contributed by atoms with Gasteiger partial charge in [0.1, 0.15) is 0 Å². The molecule has 0 saturated heterocycles. The van der Waals surface area contributed by atoms with E-state index in [4.69, 9.17) is 11.6 Å². The van der Waals surface area contributed by atoms with E-state index in [0.717, 1.165) is 5.56 Å². The smallest absolute Gasteiger partial charge is 0.232 e. The topological polar surface area (TPSA) is 46.2 Å². The Hall–Kier alpha value is -0.260. The van der Waals surface area contributed by atoms with Gasteiger partial charge in [-0.2, -0.15) is 0 Å². The van der Waals surface area contributed by atoms with Crippen molar-refractivity contribution in [2.45, 2.75) is 27.2 Å². The second-order valence-electron chi connectivity index (χ2n) is 4.68. The highest BCUT2D eigenvalue weighted by Gasteiger charge is 2.14. The Morgan fingerprint density at radius 2 is 2.00 bits per heavy atom. The molecular weight excluding hydrogens is 338 g/mol. The van der Waals surface area contributed by atoms with E-state index >= 15 is 0 Å². The lowest BCUT2D eigenvalue weighted by Gasteiger charge is -2.12. The summed E-state index contributed by atoms with van der Waals surface area (Å²) in [6, 6.07) is 3.41. The maximum absolute atomic E-state index is 11.9. The van der Waals surface area contributed by atoms with Gasteiger partial charge in [0.25, 0.3) is 0 Å². The monoisotopic (exact) mass is 353 g/mol. The molecule has 1 aromatic rings. The third kappa shape index (κ3) is 4.78. The number of hydrogen-bond acceptors (Lipinski definition) is 2. The molecule has 0 fully saturated rings. The van der Waals surface area contributed by atoms with Gasteiger partial charge >= 0.3 is 0 Å². The summed E-state index contributed by atoms with van der Waals surface area (Å²) in [6.07, 6.45) is 0.631. The Morgan fingerprint density at radius 1 is 1.39 bits per heavy atom. The molecule has 1 aromatic carbocycles. The number of halogens is 2. The van der Waals surface area contributed by atoms with E-state index in [1.165, 1.54) is 0 Å². The number of hydrogen-bond donors (Lipinski definition) is 1. The lowest BCUT2D eigenvalue weighted by Crippen LogP contribution is -2.18. The van der Waals surface area contributed by atoms with Crippen molar-refractivity contribution in [3.05, 3.63) is 27.2 Å². The van der Waals surface area contributed by atoms with Crippen molar-refractivity contribution in [3.8, 4) is 0 Å². The van der Waals surface area contributed by atoms with Gasteiger partial charge in [0.15, 0.2) is 0 Å². The van der Waals surface area contributed by atoms with Crippen molar-refractivity contribution in [3.63, 3.8) is 0 Å². The summed E-state index contributed by atoms with van der Waals surface area (Å²) in [4.78, 5) is 0. The maximum atomic E-state index is 11.9. The SMILES string of the molecule is Cc1cc(Br)c(NS(=O)(=O)CCC(C)C)cc1Cl. The third-order valence-electron chi connectivity index (χ3n) is 2.48. The molecule has 1 rings (SSSR count). The molecule has 3 nitrogen and oxygen atoms in total. The van der Waals surface area contributed by atoms with Crippen LogP contribution >= 0.6 is 27.5 Å². The molecule has 0 radical (unpaired) electrons. The lowest BCUT2D eigenvalue weighted by atomic mass is 10.2. The highest BCUT2D eigenvalue weighted by atomic mass is 79.9. The van der Waals surface area contributed by atoms with Gasteiger partial charge in [-0.15, -0.1) is 0 Å². The largest absolute Gasteiger partial charge is 0.282 e. The summed E-state index contributed by atoms with van der Waals surface area (Å²) in [6.45, 7) is 5.85. The van der Waals surface area contributed by atoms with Crippen LogP contribution in [0, 0.1) is 12.8 Å². The third-order valence-corrected chi connectivity index (χ3v) is 4.85. The molecule has 18 heavy (non-hydrogen) atoms. The second-order valence-corrected chi connectivity index (χ2v) is 7.79. The average molecular weight is 355 g/mol. The second kappa shape index (κ2) is 6.26. The summed E-state index contributed by atoms with van der Waals surface area (Å²) >= 11 is 9.31. The quantitative estimate of drug-likeness (QED) is 0.861. The number of sulfonamides is 1. The molecule has 6 heteroatoms. The van der Waals surface area contributed by atoms with E-state index in [1.54, 1.807) is 12.1 Å². The molecule has 1 N–H and O–H groups in total. The summed E-state index contributed by atoms with van der Waals surface area (Å²) in [5, 5.41) is 0.541. The van der Waals surface area contributed by atoms with Crippen LogP contribution in [-0.2, 0) is 10.0 Å². The highest BCUT2D eigenvalue weighted by Crippen LogP contribution is 2.30. The van der Waals surface area contributed by atoms with Crippen LogP contribution in [0.1, 0.15) is 25.8 Å². The minimum absolute atomic E-state index is 0.114. The van der Waals surface area contributed by atoms with Gasteiger partial charge in [-0.25, -0.2) is 8.42 Å². The van der Waals surface area contributed by atoms with Gasteiger partial charge in [0.05, 0.1) is 11.4 Å². The summed E-state index contributed by atoms with van der Waals surface area (Å²) in [5.41, 5.74) is 1.38. The molecule has 0 atom stereocenters. The zero-order valence-electron chi connectivity index (χ0n) is 10.6. The number of benzene rings is 1. The first-order valence-electron chi connectivity index (χ1n) is 5.67. The van der Waals surface area contributed by atoms with E-state index < -0.39 is 10.0 Å². The van der Waals surface area contributed by atoms with Crippen molar-refractivity contribution in [2.24, 2.45) is 5.92 Å². The van der Waals surface area contributed by atoms with Crippen LogP contribution in [-0.4, -0.2) is 14.2 Å². The van der Waals surface area contributed by atoms with Crippen LogP contribution in [0.5, 0.6) is 0 Å². The normalized spacial score (nSPS) is 11.9. The Labute approximate surface area is 122 Å². The van der Waals surface area contributed by atoms with E-state index in [2.05, 4.69) is 20.7 Å². The molecule has 0 saturated carbocycles. The van der Waals surface area contributed by atoms with Crippen LogP contribution < -0.4 is 4.72 Å². The molecular formula is C12H17BrClNO2S. The molecule has 0 heterocycles. The van der Waals surface area contributed by atoms with Crippen LogP contribution in [0.15, 0.2) is 16.6 Å². The minimum atomic E-state index is -3.32. The van der Waals surface area contributed by atoms with Crippen molar-refractivity contribution in [2.75, 3.05) is 10.5 Å². The first-order valence-corrected chi connectivity index (χ1v) is 8.49. The minimum Gasteiger partial charge on any atom is -0.282 e. The molecule has 0 aromatic heterocycles. The van der Waals surface area contributed by atoms with Gasteiger partial charge in [-0.1, -0.05) is 25.4 Å². The summed E-state index contributed by atoms with van der Waals surface area (Å²) in [5.74, 6) is 0.467. The Balaban J connectivity index is 2.87. The summed E-state index contributed by atoms with van der Waals surface area (Å²) in [7, 11) is -3.32. The molecule has 0 bridgehead atoms. The molecule has 0 amide bonds. The van der Waals surface area contributed by atoms with Gasteiger partial charge in [-0.05, 0) is 52.9 Å². The van der Waals surface area contributed by atoms with Crippen molar-refractivity contribution in [1.29, 1.82) is 0 Å². The van der Waals surface area contributed by atoms with Crippen LogP contribution in [0.2, 0.25) is 5.02 Å². The molecule has 0 aliphatic carbocycles. The van der Waals surface area contributed by atoms with E-state index in [1.807, 2.05) is 20.8 Å². The van der Waals surface area contributed by atoms with Crippen molar-refractivity contribution < 1.29 is 8.42 Å². The Morgan fingerprint density at radius 3 is 2.56 bits per heavy atom. The fourth-order valence-corrected chi connectivity index (χ4v) is 3.57. The molecule has 102 valence electrons. The van der Waals surface area contributed by atoms with E-state index in [0.29, 0.717) is 27.5 Å². The fraction of sp³-hybridized carbons (Fsp3) is 0.500. The Kier molecular flexibility index (Phi) is 5.49. The van der Waals surface area contributed by atoms with Gasteiger partial charge in [0.2, 0.25) is 10.0 Å². The number of aryl methyl sites for hydroxylation is 1. The predicted molar refractivity (Wildman–Crippen MR) is 80.8 cm³/mol. The lowest BCUT2D eigenvalue weighted by molar-refractivity contribution is 0.578. The zero-order chi connectivity index (χ0) is 13.9. The van der Waals surface area contributed by atoms with Crippen molar-refractivity contribution >= 4 is 43.2 Å². The molecule has 0 aliphatic rings. The standard InChI is InChI=1S/C12H17BrClNO2S/c1-8(2)4-5-18(16,17)15-12-7-11(14)9(3)6-10(12)13/h6-8,15H,4-5H2,1-3H3. The first kappa shape index (κ1) is 15.8. The molecule has 0 unspecified atom stereocenters. The zero-order valence-corrected chi connectivity index (χ0v) is 13.8. The average Bonchev–Trinajstić information content (AvgIpc) is 2.23. The Bertz CT molecular complexity index is 529. The van der Waals surface area contributed by atoms with Crippen LogP contribution in [0.4, 0.5) is 5.69 Å². The summed E-state index contributed by atoms with van der Waals surface area (Å²) < 4.78 is 27.0. The molecule has 0 aliphatic heterocycles. The predicted octanol–water partition coefficient (Wildman–Crippen LogP) is 4.20. The number of rotatable bonds is 5. The van der Waals surface area contributed by atoms with Crippen LogP contribution in [0.3, 0.4) is 0 Å². The van der Waals surface area contributed by atoms with Crippen molar-refractivity contribution in [1.82, 2.24) is 0 Å². The number of anilines is 1. The maximum Gasteiger partial charge on any atom is 0.232 e. The van der Waals surface area contributed by atoms with E-state index in [-0.39, 0.29) is 5.75 Å². The highest BCUT2D eigenvalue weighted by molar-refractivity contribution is 9.10. The van der Waals surface area contributed by atoms with E-state index in [9.17, 15) is 8.42 Å². The number of nitrogens with one attached hydrogen (secondary N) is 1. The van der Waals surface area contributed by atoms with Gasteiger partial charge < -0.3 is 0 Å². The van der Waals surface area contributed by atoms with Gasteiger partial charge in [-0.3, -0.25) is 4.72 Å². The fourth-order valence-electron chi connectivity index (χ4n) is 1.33. The van der Waals surface area contributed by atoms with Crippen LogP contribution in [0.25, 0.3) is 0 Å². The first-order chi connectivity index (χ1) is 8.21. The van der Waals surface area contributed by atoms with Gasteiger partial charge in [0, 0.05) is 9.50 Å². The molecule has 0 spiro atoms.